The maximum Gasteiger partial charge on any atom is 0.190 e. The van der Waals surface area contributed by atoms with Gasteiger partial charge >= 0.3 is 0 Å². The van der Waals surface area contributed by atoms with Gasteiger partial charge < -0.3 is 5.73 Å². The Bertz CT molecular complexity index is 507. The van der Waals surface area contributed by atoms with E-state index in [-0.39, 0.29) is 0 Å². The first kappa shape index (κ1) is 9.72. The molecule has 2 heterocycles. The van der Waals surface area contributed by atoms with Crippen molar-refractivity contribution in [2.24, 2.45) is 0 Å². The van der Waals surface area contributed by atoms with Gasteiger partial charge in [0.05, 0.1) is 0 Å². The first-order chi connectivity index (χ1) is 7.84. The number of aromatic nitrogens is 3. The summed E-state index contributed by atoms with van der Waals surface area (Å²) in [5, 5.41) is 2.77. The third-order valence-corrected chi connectivity index (χ3v) is 3.61. The van der Waals surface area contributed by atoms with Crippen molar-refractivity contribution in [2.75, 3.05) is 5.73 Å². The summed E-state index contributed by atoms with van der Waals surface area (Å²) < 4.78 is 0. The summed E-state index contributed by atoms with van der Waals surface area (Å²) in [7, 11) is 0. The van der Waals surface area contributed by atoms with Gasteiger partial charge in [-0.25, -0.2) is 15.0 Å². The van der Waals surface area contributed by atoms with Gasteiger partial charge in [0, 0.05) is 22.8 Å². The number of rotatable bonds is 1. The van der Waals surface area contributed by atoms with E-state index in [1.54, 1.807) is 17.5 Å². The van der Waals surface area contributed by atoms with Crippen molar-refractivity contribution in [3.8, 4) is 10.8 Å². The van der Waals surface area contributed by atoms with E-state index in [2.05, 4.69) is 15.0 Å². The Morgan fingerprint density at radius 2 is 2.06 bits per heavy atom. The summed E-state index contributed by atoms with van der Waals surface area (Å²) in [4.78, 5) is 13.1. The molecule has 5 heteroatoms. The quantitative estimate of drug-likeness (QED) is 0.817. The van der Waals surface area contributed by atoms with Crippen molar-refractivity contribution in [1.29, 1.82) is 0 Å². The number of nitrogen functional groups attached to an aromatic ring is 1. The van der Waals surface area contributed by atoms with Crippen LogP contribution in [0.1, 0.15) is 24.1 Å². The second-order valence-electron chi connectivity index (χ2n) is 3.90. The standard InChI is InChI=1S/C11H12N4S/c12-9-7-3-1-2-4-8(7)14-10(15-9)11-13-5-6-16-11/h5-6H,1-4H2,(H2,12,14,15). The highest BCUT2D eigenvalue weighted by molar-refractivity contribution is 7.13. The summed E-state index contributed by atoms with van der Waals surface area (Å²) >= 11 is 1.54. The van der Waals surface area contributed by atoms with Gasteiger partial charge in [-0.05, 0) is 25.7 Å². The van der Waals surface area contributed by atoms with Crippen molar-refractivity contribution >= 4 is 17.2 Å². The molecule has 2 N–H and O–H groups in total. The molecule has 0 fully saturated rings. The third-order valence-electron chi connectivity index (χ3n) is 2.84. The number of aryl methyl sites for hydroxylation is 1. The molecule has 4 nitrogen and oxygen atoms in total. The zero-order chi connectivity index (χ0) is 11.0. The van der Waals surface area contributed by atoms with Crippen molar-refractivity contribution in [1.82, 2.24) is 15.0 Å². The average Bonchev–Trinajstić information content (AvgIpc) is 2.82. The van der Waals surface area contributed by atoms with Crippen molar-refractivity contribution in [2.45, 2.75) is 25.7 Å². The smallest absolute Gasteiger partial charge is 0.190 e. The monoisotopic (exact) mass is 232 g/mol. The minimum Gasteiger partial charge on any atom is -0.383 e. The average molecular weight is 232 g/mol. The normalized spacial score (nSPS) is 14.8. The summed E-state index contributed by atoms with van der Waals surface area (Å²) in [5.41, 5.74) is 8.23. The van der Waals surface area contributed by atoms with E-state index in [1.165, 1.54) is 12.8 Å². The molecule has 0 unspecified atom stereocenters. The van der Waals surface area contributed by atoms with Gasteiger partial charge in [0.2, 0.25) is 0 Å². The second-order valence-corrected chi connectivity index (χ2v) is 4.80. The number of hydrogen-bond acceptors (Lipinski definition) is 5. The van der Waals surface area contributed by atoms with Crippen LogP contribution in [-0.2, 0) is 12.8 Å². The largest absolute Gasteiger partial charge is 0.383 e. The lowest BCUT2D eigenvalue weighted by Crippen LogP contribution is -2.11. The molecule has 0 atom stereocenters. The molecule has 2 aromatic rings. The second kappa shape index (κ2) is 3.83. The number of nitrogens with zero attached hydrogens (tertiary/aromatic N) is 3. The Morgan fingerprint density at radius 1 is 1.19 bits per heavy atom. The van der Waals surface area contributed by atoms with Gasteiger partial charge in [-0.3, -0.25) is 0 Å². The number of nitrogens with two attached hydrogens (primary N) is 1. The molecule has 1 aliphatic rings. The molecule has 1 aliphatic carbocycles. The van der Waals surface area contributed by atoms with Gasteiger partial charge in [-0.2, -0.15) is 0 Å². The molecule has 3 rings (SSSR count). The zero-order valence-electron chi connectivity index (χ0n) is 8.81. The van der Waals surface area contributed by atoms with Gasteiger partial charge in [0.1, 0.15) is 5.82 Å². The van der Waals surface area contributed by atoms with E-state index in [0.29, 0.717) is 11.6 Å². The number of thiazole rings is 1. The summed E-state index contributed by atoms with van der Waals surface area (Å²) in [6.07, 6.45) is 6.18. The molecule has 0 aliphatic heterocycles. The molecule has 0 saturated carbocycles. The zero-order valence-corrected chi connectivity index (χ0v) is 9.63. The van der Waals surface area contributed by atoms with Crippen LogP contribution in [0.4, 0.5) is 5.82 Å². The molecule has 0 radical (unpaired) electrons. The van der Waals surface area contributed by atoms with Crippen LogP contribution < -0.4 is 5.73 Å². The van der Waals surface area contributed by atoms with Gasteiger partial charge in [0.25, 0.3) is 0 Å². The van der Waals surface area contributed by atoms with Crippen LogP contribution >= 0.6 is 11.3 Å². The maximum atomic E-state index is 5.97. The van der Waals surface area contributed by atoms with Crippen molar-refractivity contribution in [3.63, 3.8) is 0 Å². The molecular weight excluding hydrogens is 220 g/mol. The lowest BCUT2D eigenvalue weighted by Gasteiger charge is -2.16. The van der Waals surface area contributed by atoms with E-state index in [1.807, 2.05) is 5.38 Å². The fourth-order valence-electron chi connectivity index (χ4n) is 2.05. The molecule has 0 aromatic carbocycles. The molecule has 0 saturated heterocycles. The van der Waals surface area contributed by atoms with E-state index in [9.17, 15) is 0 Å². The fraction of sp³-hybridized carbons (Fsp3) is 0.364. The predicted octanol–water partition coefficient (Wildman–Crippen LogP) is 2.06. The first-order valence-corrected chi connectivity index (χ1v) is 6.27. The molecule has 0 amide bonds. The molecule has 16 heavy (non-hydrogen) atoms. The van der Waals surface area contributed by atoms with Crippen LogP contribution in [0.5, 0.6) is 0 Å². The number of hydrogen-bond donors (Lipinski definition) is 1. The topological polar surface area (TPSA) is 64.7 Å². The lowest BCUT2D eigenvalue weighted by atomic mass is 9.96. The Kier molecular flexibility index (Phi) is 2.32. The van der Waals surface area contributed by atoms with Crippen molar-refractivity contribution < 1.29 is 0 Å². The van der Waals surface area contributed by atoms with E-state index >= 15 is 0 Å². The SMILES string of the molecule is Nc1nc(-c2nccs2)nc2c1CCCC2. The Balaban J connectivity index is 2.12. The van der Waals surface area contributed by atoms with Gasteiger partial charge in [-0.15, -0.1) is 11.3 Å². The first-order valence-electron chi connectivity index (χ1n) is 5.40. The van der Waals surface area contributed by atoms with Crippen LogP contribution in [0.2, 0.25) is 0 Å². The minimum absolute atomic E-state index is 0.634. The summed E-state index contributed by atoms with van der Waals surface area (Å²) in [6.45, 7) is 0. The molecule has 82 valence electrons. The van der Waals surface area contributed by atoms with E-state index in [0.717, 1.165) is 29.1 Å². The highest BCUT2D eigenvalue weighted by atomic mass is 32.1. The van der Waals surface area contributed by atoms with Crippen LogP contribution in [0, 0.1) is 0 Å². The predicted molar refractivity (Wildman–Crippen MR) is 64.2 cm³/mol. The Morgan fingerprint density at radius 3 is 2.88 bits per heavy atom. The number of anilines is 1. The lowest BCUT2D eigenvalue weighted by molar-refractivity contribution is 0.666. The summed E-state index contributed by atoms with van der Waals surface area (Å²) in [5.74, 6) is 1.31. The molecule has 2 aromatic heterocycles. The molecule has 0 bridgehead atoms. The molecular formula is C11H12N4S. The highest BCUT2D eigenvalue weighted by Gasteiger charge is 2.17. The van der Waals surface area contributed by atoms with Crippen LogP contribution in [0.3, 0.4) is 0 Å². The van der Waals surface area contributed by atoms with E-state index < -0.39 is 0 Å². The van der Waals surface area contributed by atoms with Crippen LogP contribution in [0.25, 0.3) is 10.8 Å². The molecule has 0 spiro atoms. The van der Waals surface area contributed by atoms with Crippen molar-refractivity contribution in [3.05, 3.63) is 22.8 Å². The Hall–Kier alpha value is -1.49. The van der Waals surface area contributed by atoms with Gasteiger partial charge in [0.15, 0.2) is 10.8 Å². The summed E-state index contributed by atoms with van der Waals surface area (Å²) in [6, 6.07) is 0. The van der Waals surface area contributed by atoms with Gasteiger partial charge in [-0.1, -0.05) is 0 Å². The minimum atomic E-state index is 0.634. The third kappa shape index (κ3) is 1.57. The van der Waals surface area contributed by atoms with E-state index in [4.69, 9.17) is 5.73 Å². The van der Waals surface area contributed by atoms with Crippen LogP contribution in [0.15, 0.2) is 11.6 Å². The highest BCUT2D eigenvalue weighted by Crippen LogP contribution is 2.27. The fourth-order valence-corrected chi connectivity index (χ4v) is 2.62. The number of fused-ring (bicyclic) bond motifs is 1. The Labute approximate surface area is 97.6 Å². The van der Waals surface area contributed by atoms with Crippen LogP contribution in [-0.4, -0.2) is 15.0 Å². The maximum absolute atomic E-state index is 5.97.